The first-order chi connectivity index (χ1) is 9.56. The fraction of sp³-hybridized carbons (Fsp3) is 0.353. The van der Waals surface area contributed by atoms with E-state index in [0.717, 1.165) is 41.9 Å². The Morgan fingerprint density at radius 1 is 1.40 bits per heavy atom. The molecule has 1 aliphatic carbocycles. The van der Waals surface area contributed by atoms with Gasteiger partial charge in [0.25, 0.3) is 0 Å². The van der Waals surface area contributed by atoms with Crippen molar-refractivity contribution in [1.82, 2.24) is 0 Å². The van der Waals surface area contributed by atoms with Crippen LogP contribution in [0, 0.1) is 0 Å². The van der Waals surface area contributed by atoms with Crippen LogP contribution in [-0.4, -0.2) is 11.8 Å². The van der Waals surface area contributed by atoms with Crippen LogP contribution in [0.2, 0.25) is 0 Å². The maximum absolute atomic E-state index is 6.25. The molecule has 0 heterocycles. The second-order valence-corrected chi connectivity index (χ2v) is 5.38. The van der Waals surface area contributed by atoms with Crippen LogP contribution >= 0.6 is 0 Å². The first-order valence-corrected chi connectivity index (χ1v) is 7.07. The van der Waals surface area contributed by atoms with Crippen LogP contribution in [0.25, 0.3) is 0 Å². The van der Waals surface area contributed by atoms with E-state index in [0.29, 0.717) is 0 Å². The van der Waals surface area contributed by atoms with Crippen molar-refractivity contribution in [2.45, 2.75) is 39.2 Å². The number of rotatable bonds is 4. The van der Waals surface area contributed by atoms with Crippen molar-refractivity contribution in [3.05, 3.63) is 53.3 Å². The van der Waals surface area contributed by atoms with Crippen LogP contribution in [-0.2, 0) is 6.42 Å². The Labute approximate surface area is 121 Å². The highest BCUT2D eigenvalue weighted by atomic mass is 14.8. The number of anilines is 1. The monoisotopic (exact) mass is 269 g/mol. The number of benzene rings is 1. The first kappa shape index (κ1) is 14.5. The lowest BCUT2D eigenvalue weighted by Gasteiger charge is -2.15. The lowest BCUT2D eigenvalue weighted by molar-refractivity contribution is 0.834. The molecule has 4 N–H and O–H groups in total. The van der Waals surface area contributed by atoms with Gasteiger partial charge in [0.15, 0.2) is 0 Å². The topological polar surface area (TPSA) is 64.4 Å². The Bertz CT molecular complexity index is 567. The molecule has 0 radical (unpaired) electrons. The second kappa shape index (κ2) is 6.53. The zero-order valence-corrected chi connectivity index (χ0v) is 12.3. The molecule has 3 nitrogen and oxygen atoms in total. The van der Waals surface area contributed by atoms with Gasteiger partial charge in [0.2, 0.25) is 0 Å². The number of allylic oxidation sites excluding steroid dienone is 4. The van der Waals surface area contributed by atoms with Gasteiger partial charge in [0, 0.05) is 23.1 Å². The van der Waals surface area contributed by atoms with Gasteiger partial charge < -0.3 is 11.5 Å². The molecule has 106 valence electrons. The number of nitrogens with zero attached hydrogens (tertiary/aromatic N) is 1. The molecule has 0 spiro atoms. The Kier molecular flexibility index (Phi) is 4.74. The fourth-order valence-corrected chi connectivity index (χ4v) is 2.34. The molecule has 1 aromatic carbocycles. The van der Waals surface area contributed by atoms with Gasteiger partial charge in [-0.1, -0.05) is 24.3 Å². The average molecular weight is 269 g/mol. The summed E-state index contributed by atoms with van der Waals surface area (Å²) in [5, 5.41) is 0. The minimum atomic E-state index is -0.0667. The molecular formula is C17H23N3. The number of nitrogens with two attached hydrogens (primary N) is 2. The fourth-order valence-electron chi connectivity index (χ4n) is 2.34. The summed E-state index contributed by atoms with van der Waals surface area (Å²) in [6, 6.07) is 7.81. The minimum Gasteiger partial charge on any atom is -0.399 e. The number of hydrogen-bond donors (Lipinski definition) is 2. The standard InChI is InChI=1S/C17H23N3/c1-12-6-3-4-9-17(12)20-13(2)16(19)11-14-7-5-8-15(18)10-14/h3,5-8,10,16H,4,9,11,18-19H2,1-2H3. The van der Waals surface area contributed by atoms with Gasteiger partial charge in [-0.25, -0.2) is 0 Å². The van der Waals surface area contributed by atoms with Gasteiger partial charge in [-0.3, -0.25) is 4.99 Å². The zero-order chi connectivity index (χ0) is 14.5. The largest absolute Gasteiger partial charge is 0.399 e. The quantitative estimate of drug-likeness (QED) is 0.651. The zero-order valence-electron chi connectivity index (χ0n) is 12.3. The van der Waals surface area contributed by atoms with Crippen molar-refractivity contribution in [3.63, 3.8) is 0 Å². The average Bonchev–Trinajstić information content (AvgIpc) is 2.41. The molecule has 0 aliphatic heterocycles. The van der Waals surface area contributed by atoms with Crippen molar-refractivity contribution in [2.24, 2.45) is 10.7 Å². The molecule has 3 heteroatoms. The number of hydrogen-bond acceptors (Lipinski definition) is 3. The summed E-state index contributed by atoms with van der Waals surface area (Å²) >= 11 is 0. The van der Waals surface area contributed by atoms with Crippen molar-refractivity contribution in [1.29, 1.82) is 0 Å². The van der Waals surface area contributed by atoms with Crippen LogP contribution < -0.4 is 11.5 Å². The number of nitrogen functional groups attached to an aromatic ring is 1. The molecule has 1 unspecified atom stereocenters. The van der Waals surface area contributed by atoms with Crippen LogP contribution in [0.15, 0.2) is 52.7 Å². The Morgan fingerprint density at radius 3 is 2.90 bits per heavy atom. The highest BCUT2D eigenvalue weighted by Gasteiger charge is 2.10. The molecule has 1 aliphatic rings. The SMILES string of the molecule is CC(=NC1=C(C)C=CCC1)C(N)Cc1cccc(N)c1. The summed E-state index contributed by atoms with van der Waals surface area (Å²) in [7, 11) is 0. The van der Waals surface area contributed by atoms with E-state index in [1.165, 1.54) is 5.57 Å². The molecule has 0 saturated heterocycles. The third-order valence-corrected chi connectivity index (χ3v) is 3.63. The molecule has 1 atom stereocenters. The third-order valence-electron chi connectivity index (χ3n) is 3.63. The predicted molar refractivity (Wildman–Crippen MR) is 86.7 cm³/mol. The maximum Gasteiger partial charge on any atom is 0.0468 e. The van der Waals surface area contributed by atoms with Crippen LogP contribution in [0.3, 0.4) is 0 Å². The summed E-state index contributed by atoms with van der Waals surface area (Å²) < 4.78 is 0. The molecule has 1 aromatic rings. The Morgan fingerprint density at radius 2 is 2.20 bits per heavy atom. The minimum absolute atomic E-state index is 0.0667. The first-order valence-electron chi connectivity index (χ1n) is 7.07. The van der Waals surface area contributed by atoms with Gasteiger partial charge >= 0.3 is 0 Å². The molecule has 0 amide bonds. The van der Waals surface area contributed by atoms with Gasteiger partial charge in [-0.05, 0) is 56.4 Å². The smallest absolute Gasteiger partial charge is 0.0468 e. The third kappa shape index (κ3) is 3.81. The van der Waals surface area contributed by atoms with E-state index < -0.39 is 0 Å². The molecule has 0 saturated carbocycles. The van der Waals surface area contributed by atoms with Crippen molar-refractivity contribution < 1.29 is 0 Å². The maximum atomic E-state index is 6.25. The van der Waals surface area contributed by atoms with E-state index in [2.05, 4.69) is 25.1 Å². The molecule has 0 bridgehead atoms. The van der Waals surface area contributed by atoms with Crippen molar-refractivity contribution in [3.8, 4) is 0 Å². The van der Waals surface area contributed by atoms with E-state index in [4.69, 9.17) is 16.5 Å². The molecular weight excluding hydrogens is 246 g/mol. The van der Waals surface area contributed by atoms with E-state index in [1.54, 1.807) is 0 Å². The summed E-state index contributed by atoms with van der Waals surface area (Å²) in [6.45, 7) is 4.11. The van der Waals surface area contributed by atoms with Crippen molar-refractivity contribution in [2.75, 3.05) is 5.73 Å². The highest BCUT2D eigenvalue weighted by molar-refractivity contribution is 5.88. The summed E-state index contributed by atoms with van der Waals surface area (Å²) in [5.41, 5.74) is 17.4. The Hall–Kier alpha value is -1.87. The summed E-state index contributed by atoms with van der Waals surface area (Å²) in [5.74, 6) is 0. The Balaban J connectivity index is 2.08. The summed E-state index contributed by atoms with van der Waals surface area (Å²) in [4.78, 5) is 4.72. The normalized spacial score (nSPS) is 17.4. The van der Waals surface area contributed by atoms with E-state index in [1.807, 2.05) is 25.1 Å². The predicted octanol–water partition coefficient (Wildman–Crippen LogP) is 3.22. The second-order valence-electron chi connectivity index (χ2n) is 5.38. The highest BCUT2D eigenvalue weighted by Crippen LogP contribution is 2.20. The van der Waals surface area contributed by atoms with E-state index in [9.17, 15) is 0 Å². The summed E-state index contributed by atoms with van der Waals surface area (Å²) in [6.07, 6.45) is 7.16. The van der Waals surface area contributed by atoms with Crippen LogP contribution in [0.4, 0.5) is 5.69 Å². The van der Waals surface area contributed by atoms with Gasteiger partial charge in [-0.2, -0.15) is 0 Å². The molecule has 0 aromatic heterocycles. The van der Waals surface area contributed by atoms with E-state index in [-0.39, 0.29) is 6.04 Å². The van der Waals surface area contributed by atoms with Crippen LogP contribution in [0.1, 0.15) is 32.3 Å². The van der Waals surface area contributed by atoms with Crippen molar-refractivity contribution >= 4 is 11.4 Å². The van der Waals surface area contributed by atoms with E-state index >= 15 is 0 Å². The lowest BCUT2D eigenvalue weighted by atomic mass is 10.0. The molecule has 2 rings (SSSR count). The van der Waals surface area contributed by atoms with Gasteiger partial charge in [-0.15, -0.1) is 0 Å². The lowest BCUT2D eigenvalue weighted by Crippen LogP contribution is -2.31. The van der Waals surface area contributed by atoms with Crippen LogP contribution in [0.5, 0.6) is 0 Å². The number of aliphatic imine (C=N–C) groups is 1. The van der Waals surface area contributed by atoms with Gasteiger partial charge in [0.1, 0.15) is 0 Å². The molecule has 20 heavy (non-hydrogen) atoms. The molecule has 0 fully saturated rings. The van der Waals surface area contributed by atoms with Gasteiger partial charge in [0.05, 0.1) is 0 Å².